The van der Waals surface area contributed by atoms with Gasteiger partial charge >= 0.3 is 5.97 Å². The number of carboxylic acid groups (broad SMARTS) is 1. The fourth-order valence-electron chi connectivity index (χ4n) is 4.32. The maximum Gasteiger partial charge on any atom is 0.320 e. The van der Waals surface area contributed by atoms with Gasteiger partial charge in [-0.3, -0.25) is 19.8 Å². The maximum atomic E-state index is 11.7. The van der Waals surface area contributed by atoms with Gasteiger partial charge in [-0.15, -0.1) is 0 Å². The SMILES string of the molecule is O=C(O)C1CC2CCCCC2N1Cc1cc(-c2cccnc2)n[nH]1. The van der Waals surface area contributed by atoms with Gasteiger partial charge in [0.15, 0.2) is 0 Å². The van der Waals surface area contributed by atoms with Crippen molar-refractivity contribution in [1.29, 1.82) is 0 Å². The number of likely N-dealkylation sites (tertiary alicyclic amines) is 1. The predicted octanol–water partition coefficient (Wildman–Crippen LogP) is 2.69. The molecule has 2 aromatic rings. The Balaban J connectivity index is 1.55. The molecule has 1 saturated heterocycles. The van der Waals surface area contributed by atoms with Crippen molar-refractivity contribution in [1.82, 2.24) is 20.1 Å². The normalized spacial score (nSPS) is 27.1. The van der Waals surface area contributed by atoms with E-state index in [4.69, 9.17) is 0 Å². The van der Waals surface area contributed by atoms with E-state index in [1.54, 1.807) is 12.4 Å². The Morgan fingerprint density at radius 3 is 3.04 bits per heavy atom. The Morgan fingerprint density at radius 2 is 2.25 bits per heavy atom. The number of carboxylic acids is 1. The Labute approximate surface area is 140 Å². The highest BCUT2D eigenvalue weighted by molar-refractivity contribution is 5.74. The second-order valence-electron chi connectivity index (χ2n) is 6.89. The Morgan fingerprint density at radius 1 is 1.38 bits per heavy atom. The molecule has 0 radical (unpaired) electrons. The monoisotopic (exact) mass is 326 g/mol. The second kappa shape index (κ2) is 6.36. The third kappa shape index (κ3) is 2.82. The summed E-state index contributed by atoms with van der Waals surface area (Å²) in [7, 11) is 0. The van der Waals surface area contributed by atoms with Crippen molar-refractivity contribution in [3.63, 3.8) is 0 Å². The number of nitrogens with zero attached hydrogens (tertiary/aromatic N) is 3. The topological polar surface area (TPSA) is 82.1 Å². The van der Waals surface area contributed by atoms with E-state index in [-0.39, 0.29) is 6.04 Å². The van der Waals surface area contributed by atoms with Crippen LogP contribution in [-0.4, -0.2) is 43.2 Å². The molecule has 2 aromatic heterocycles. The van der Waals surface area contributed by atoms with Gasteiger partial charge in [0, 0.05) is 36.2 Å². The summed E-state index contributed by atoms with van der Waals surface area (Å²) in [6.45, 7) is 0.616. The molecule has 3 atom stereocenters. The summed E-state index contributed by atoms with van der Waals surface area (Å²) < 4.78 is 0. The van der Waals surface area contributed by atoms with Crippen LogP contribution in [0.1, 0.15) is 37.8 Å². The number of fused-ring (bicyclic) bond motifs is 1. The van der Waals surface area contributed by atoms with Gasteiger partial charge in [-0.05, 0) is 43.4 Å². The standard InChI is InChI=1S/C18H22N4O2/c23-18(24)17-8-12-4-1-2-6-16(12)22(17)11-14-9-15(21-20-14)13-5-3-7-19-10-13/h3,5,7,9-10,12,16-17H,1-2,4,6,8,11H2,(H,20,21)(H,23,24). The van der Waals surface area contributed by atoms with Crippen LogP contribution in [0.15, 0.2) is 30.6 Å². The highest BCUT2D eigenvalue weighted by Gasteiger charge is 2.45. The van der Waals surface area contributed by atoms with Gasteiger partial charge in [0.05, 0.1) is 5.69 Å². The van der Waals surface area contributed by atoms with E-state index in [1.165, 1.54) is 12.8 Å². The number of rotatable bonds is 4. The first-order chi connectivity index (χ1) is 11.7. The fraction of sp³-hybridized carbons (Fsp3) is 0.500. The molecule has 1 aliphatic carbocycles. The van der Waals surface area contributed by atoms with Crippen LogP contribution >= 0.6 is 0 Å². The Bertz CT molecular complexity index is 715. The van der Waals surface area contributed by atoms with Gasteiger partial charge in [-0.25, -0.2) is 0 Å². The molecule has 0 bridgehead atoms. The van der Waals surface area contributed by atoms with E-state index in [9.17, 15) is 9.90 Å². The molecule has 2 aliphatic rings. The minimum absolute atomic E-state index is 0.372. The summed E-state index contributed by atoms with van der Waals surface area (Å²) in [5.41, 5.74) is 2.78. The average Bonchev–Trinajstić information content (AvgIpc) is 3.21. The van der Waals surface area contributed by atoms with Crippen molar-refractivity contribution in [3.05, 3.63) is 36.3 Å². The number of pyridine rings is 1. The number of hydrogen-bond acceptors (Lipinski definition) is 4. The van der Waals surface area contributed by atoms with Gasteiger partial charge < -0.3 is 5.11 Å². The number of hydrogen-bond donors (Lipinski definition) is 2. The van der Waals surface area contributed by atoms with Crippen LogP contribution in [-0.2, 0) is 11.3 Å². The number of carbonyl (C=O) groups is 1. The summed E-state index contributed by atoms with van der Waals surface area (Å²) in [5, 5.41) is 17.1. The largest absolute Gasteiger partial charge is 0.480 e. The van der Waals surface area contributed by atoms with E-state index in [1.807, 2.05) is 18.2 Å². The minimum Gasteiger partial charge on any atom is -0.480 e. The number of aromatic nitrogens is 3. The van der Waals surface area contributed by atoms with Crippen molar-refractivity contribution in [2.75, 3.05) is 0 Å². The van der Waals surface area contributed by atoms with Crippen LogP contribution in [0.2, 0.25) is 0 Å². The summed E-state index contributed by atoms with van der Waals surface area (Å²) in [6, 6.07) is 5.89. The van der Waals surface area contributed by atoms with Crippen molar-refractivity contribution in [2.45, 2.75) is 50.7 Å². The van der Waals surface area contributed by atoms with Crippen LogP contribution in [0.5, 0.6) is 0 Å². The van der Waals surface area contributed by atoms with Gasteiger partial charge in [0.1, 0.15) is 6.04 Å². The highest BCUT2D eigenvalue weighted by atomic mass is 16.4. The minimum atomic E-state index is -0.698. The molecular weight excluding hydrogens is 304 g/mol. The van der Waals surface area contributed by atoms with E-state index in [2.05, 4.69) is 20.1 Å². The fourth-order valence-corrected chi connectivity index (χ4v) is 4.32. The first-order valence-electron chi connectivity index (χ1n) is 8.65. The lowest BCUT2D eigenvalue weighted by Gasteiger charge is -2.32. The molecule has 1 aliphatic heterocycles. The summed E-state index contributed by atoms with van der Waals surface area (Å²) in [5.74, 6) is -0.169. The van der Waals surface area contributed by atoms with Gasteiger partial charge in [-0.2, -0.15) is 5.10 Å². The Kier molecular flexibility index (Phi) is 4.06. The molecule has 0 amide bonds. The Hall–Kier alpha value is -2.21. The molecule has 2 N–H and O–H groups in total. The van der Waals surface area contributed by atoms with Crippen LogP contribution in [0.25, 0.3) is 11.3 Å². The lowest BCUT2D eigenvalue weighted by molar-refractivity contribution is -0.142. The molecule has 2 fully saturated rings. The number of aliphatic carboxylic acids is 1. The molecule has 3 heterocycles. The lowest BCUT2D eigenvalue weighted by Crippen LogP contribution is -2.41. The lowest BCUT2D eigenvalue weighted by atomic mass is 9.85. The first-order valence-corrected chi connectivity index (χ1v) is 8.65. The zero-order chi connectivity index (χ0) is 16.5. The van der Waals surface area contributed by atoms with E-state index < -0.39 is 5.97 Å². The number of aromatic amines is 1. The average molecular weight is 326 g/mol. The van der Waals surface area contributed by atoms with E-state index in [0.29, 0.717) is 18.5 Å². The smallest absolute Gasteiger partial charge is 0.320 e. The molecule has 4 rings (SSSR count). The summed E-state index contributed by atoms with van der Waals surface area (Å²) in [6.07, 6.45) is 9.01. The molecule has 126 valence electrons. The van der Waals surface area contributed by atoms with Gasteiger partial charge in [-0.1, -0.05) is 12.8 Å². The molecular formula is C18H22N4O2. The molecule has 0 aromatic carbocycles. The third-order valence-electron chi connectivity index (χ3n) is 5.45. The second-order valence-corrected chi connectivity index (χ2v) is 6.89. The van der Waals surface area contributed by atoms with E-state index >= 15 is 0 Å². The molecule has 0 spiro atoms. The van der Waals surface area contributed by atoms with Crippen molar-refractivity contribution >= 4 is 5.97 Å². The first kappa shape index (κ1) is 15.3. The zero-order valence-electron chi connectivity index (χ0n) is 13.6. The highest BCUT2D eigenvalue weighted by Crippen LogP contribution is 2.40. The molecule has 6 nitrogen and oxygen atoms in total. The van der Waals surface area contributed by atoms with Gasteiger partial charge in [0.25, 0.3) is 0 Å². The van der Waals surface area contributed by atoms with Crippen LogP contribution in [0.3, 0.4) is 0 Å². The van der Waals surface area contributed by atoms with Crippen LogP contribution in [0.4, 0.5) is 0 Å². The van der Waals surface area contributed by atoms with Crippen molar-refractivity contribution in [3.8, 4) is 11.3 Å². The summed E-state index contributed by atoms with van der Waals surface area (Å²) in [4.78, 5) is 18.0. The van der Waals surface area contributed by atoms with E-state index in [0.717, 1.165) is 36.2 Å². The molecule has 24 heavy (non-hydrogen) atoms. The quantitative estimate of drug-likeness (QED) is 0.903. The zero-order valence-corrected chi connectivity index (χ0v) is 13.6. The van der Waals surface area contributed by atoms with Crippen LogP contribution < -0.4 is 0 Å². The number of nitrogens with one attached hydrogen (secondary N) is 1. The van der Waals surface area contributed by atoms with Crippen molar-refractivity contribution < 1.29 is 9.90 Å². The van der Waals surface area contributed by atoms with Gasteiger partial charge in [0.2, 0.25) is 0 Å². The maximum absolute atomic E-state index is 11.7. The molecule has 6 heteroatoms. The predicted molar refractivity (Wildman–Crippen MR) is 89.1 cm³/mol. The van der Waals surface area contributed by atoms with Crippen LogP contribution in [0, 0.1) is 5.92 Å². The number of H-pyrrole nitrogens is 1. The molecule has 1 saturated carbocycles. The van der Waals surface area contributed by atoms with Crippen molar-refractivity contribution in [2.24, 2.45) is 5.92 Å². The molecule has 3 unspecified atom stereocenters. The third-order valence-corrected chi connectivity index (χ3v) is 5.45. The summed E-state index contributed by atoms with van der Waals surface area (Å²) >= 11 is 0.